The van der Waals surface area contributed by atoms with E-state index in [1.54, 1.807) is 12.4 Å². The summed E-state index contributed by atoms with van der Waals surface area (Å²) in [6.45, 7) is 3.10. The Kier molecular flexibility index (Phi) is 4.41. The molecule has 0 spiro atoms. The van der Waals surface area contributed by atoms with Crippen LogP contribution in [0.4, 0.5) is 0 Å². The third-order valence-corrected chi connectivity index (χ3v) is 2.72. The first kappa shape index (κ1) is 12.7. The number of nitrogens with zero attached hydrogens (tertiary/aromatic N) is 4. The van der Waals surface area contributed by atoms with Crippen LogP contribution in [-0.2, 0) is 13.5 Å². The van der Waals surface area contributed by atoms with Crippen molar-refractivity contribution >= 4 is 0 Å². The summed E-state index contributed by atoms with van der Waals surface area (Å²) in [4.78, 5) is 8.65. The number of hydrogen-bond acceptors (Lipinski definition) is 4. The minimum absolute atomic E-state index is 0.126. The van der Waals surface area contributed by atoms with Crippen molar-refractivity contribution < 1.29 is 0 Å². The lowest BCUT2D eigenvalue weighted by molar-refractivity contribution is 0.497. The summed E-state index contributed by atoms with van der Waals surface area (Å²) in [7, 11) is 1.93. The third-order valence-electron chi connectivity index (χ3n) is 2.72. The van der Waals surface area contributed by atoms with Crippen molar-refractivity contribution in [3.63, 3.8) is 0 Å². The summed E-state index contributed by atoms with van der Waals surface area (Å²) in [6, 6.07) is 3.99. The van der Waals surface area contributed by atoms with Crippen LogP contribution >= 0.6 is 0 Å². The molecule has 5 heteroatoms. The lowest BCUT2D eigenvalue weighted by Crippen LogP contribution is -2.26. The van der Waals surface area contributed by atoms with Gasteiger partial charge in [0.1, 0.15) is 5.82 Å². The number of aryl methyl sites for hydroxylation is 1. The number of aromatic nitrogens is 4. The molecule has 0 saturated carbocycles. The van der Waals surface area contributed by atoms with Gasteiger partial charge < -0.3 is 5.32 Å². The minimum Gasteiger partial charge on any atom is -0.307 e. The van der Waals surface area contributed by atoms with E-state index in [1.807, 2.05) is 30.1 Å². The summed E-state index contributed by atoms with van der Waals surface area (Å²) in [6.07, 6.45) is 7.41. The van der Waals surface area contributed by atoms with Crippen molar-refractivity contribution in [3.05, 3.63) is 42.2 Å². The van der Waals surface area contributed by atoms with E-state index in [2.05, 4.69) is 27.3 Å². The van der Waals surface area contributed by atoms with Gasteiger partial charge in [0.05, 0.1) is 11.7 Å². The normalized spacial score (nSPS) is 12.6. The first-order chi connectivity index (χ1) is 8.79. The van der Waals surface area contributed by atoms with Gasteiger partial charge in [0.25, 0.3) is 0 Å². The van der Waals surface area contributed by atoms with Gasteiger partial charge in [-0.1, -0.05) is 6.92 Å². The molecule has 0 radical (unpaired) electrons. The Bertz CT molecular complexity index is 465. The average Bonchev–Trinajstić information content (AvgIpc) is 2.81. The molecule has 96 valence electrons. The van der Waals surface area contributed by atoms with E-state index in [-0.39, 0.29) is 6.04 Å². The van der Waals surface area contributed by atoms with Gasteiger partial charge in [-0.2, -0.15) is 5.10 Å². The molecule has 1 N–H and O–H groups in total. The van der Waals surface area contributed by atoms with Crippen LogP contribution in [-0.4, -0.2) is 26.3 Å². The van der Waals surface area contributed by atoms with Gasteiger partial charge in [-0.05, 0) is 25.1 Å². The second-order valence-electron chi connectivity index (χ2n) is 4.30. The van der Waals surface area contributed by atoms with Gasteiger partial charge in [-0.3, -0.25) is 4.68 Å². The fraction of sp³-hybridized carbons (Fsp3) is 0.462. The van der Waals surface area contributed by atoms with E-state index in [0.717, 1.165) is 30.9 Å². The molecule has 0 aliphatic heterocycles. The topological polar surface area (TPSA) is 55.6 Å². The third kappa shape index (κ3) is 3.37. The quantitative estimate of drug-likeness (QED) is 0.838. The fourth-order valence-electron chi connectivity index (χ4n) is 1.85. The highest BCUT2D eigenvalue weighted by Crippen LogP contribution is 2.13. The maximum absolute atomic E-state index is 4.41. The molecular weight excluding hydrogens is 226 g/mol. The molecule has 2 rings (SSSR count). The Morgan fingerprint density at radius 2 is 2.11 bits per heavy atom. The van der Waals surface area contributed by atoms with E-state index >= 15 is 0 Å². The van der Waals surface area contributed by atoms with Crippen molar-refractivity contribution in [2.45, 2.75) is 25.8 Å². The zero-order valence-electron chi connectivity index (χ0n) is 10.9. The molecule has 0 aliphatic rings. The second kappa shape index (κ2) is 6.26. The molecular formula is C13H19N5. The zero-order chi connectivity index (χ0) is 12.8. The molecule has 2 aromatic rings. The highest BCUT2D eigenvalue weighted by molar-refractivity contribution is 5.06. The smallest absolute Gasteiger partial charge is 0.145 e. The van der Waals surface area contributed by atoms with E-state index in [4.69, 9.17) is 0 Å². The standard InChI is InChI=1S/C13H19N5/c1-3-6-14-12(13-15-7-4-8-16-13)10-11-5-9-18(2)17-11/h4-5,7-9,12,14H,3,6,10H2,1-2H3. The van der Waals surface area contributed by atoms with Gasteiger partial charge in [0.2, 0.25) is 0 Å². The van der Waals surface area contributed by atoms with Crippen molar-refractivity contribution in [2.24, 2.45) is 7.05 Å². The van der Waals surface area contributed by atoms with Crippen LogP contribution in [0, 0.1) is 0 Å². The zero-order valence-corrected chi connectivity index (χ0v) is 10.9. The highest BCUT2D eigenvalue weighted by Gasteiger charge is 2.15. The predicted molar refractivity (Wildman–Crippen MR) is 70.0 cm³/mol. The summed E-state index contributed by atoms with van der Waals surface area (Å²) < 4.78 is 1.82. The molecule has 0 fully saturated rings. The highest BCUT2D eigenvalue weighted by atomic mass is 15.2. The molecule has 2 heterocycles. The van der Waals surface area contributed by atoms with Crippen molar-refractivity contribution in [2.75, 3.05) is 6.54 Å². The summed E-state index contributed by atoms with van der Waals surface area (Å²) in [5.41, 5.74) is 1.05. The van der Waals surface area contributed by atoms with Crippen molar-refractivity contribution in [1.29, 1.82) is 0 Å². The van der Waals surface area contributed by atoms with E-state index in [1.165, 1.54) is 0 Å². The van der Waals surface area contributed by atoms with Gasteiger partial charge in [-0.15, -0.1) is 0 Å². The Morgan fingerprint density at radius 1 is 1.33 bits per heavy atom. The van der Waals surface area contributed by atoms with Crippen LogP contribution in [0.1, 0.15) is 30.9 Å². The summed E-state index contributed by atoms with van der Waals surface area (Å²) >= 11 is 0. The number of rotatable bonds is 6. The molecule has 5 nitrogen and oxygen atoms in total. The SMILES string of the molecule is CCCNC(Cc1ccn(C)n1)c1ncccn1. The van der Waals surface area contributed by atoms with Gasteiger partial charge in [0, 0.05) is 32.1 Å². The first-order valence-corrected chi connectivity index (χ1v) is 6.28. The summed E-state index contributed by atoms with van der Waals surface area (Å²) in [5, 5.41) is 7.87. The molecule has 0 bridgehead atoms. The Balaban J connectivity index is 2.10. The van der Waals surface area contributed by atoms with Gasteiger partial charge in [-0.25, -0.2) is 9.97 Å². The lowest BCUT2D eigenvalue weighted by atomic mass is 10.1. The molecule has 0 amide bonds. The van der Waals surface area contributed by atoms with E-state index in [0.29, 0.717) is 0 Å². The average molecular weight is 245 g/mol. The number of hydrogen-bond donors (Lipinski definition) is 1. The lowest BCUT2D eigenvalue weighted by Gasteiger charge is -2.15. The first-order valence-electron chi connectivity index (χ1n) is 6.28. The van der Waals surface area contributed by atoms with Crippen LogP contribution in [0.2, 0.25) is 0 Å². The van der Waals surface area contributed by atoms with Gasteiger partial charge in [0.15, 0.2) is 0 Å². The Morgan fingerprint density at radius 3 is 2.72 bits per heavy atom. The van der Waals surface area contributed by atoms with E-state index < -0.39 is 0 Å². The minimum atomic E-state index is 0.126. The largest absolute Gasteiger partial charge is 0.307 e. The molecule has 1 atom stereocenters. The number of nitrogens with one attached hydrogen (secondary N) is 1. The maximum atomic E-state index is 4.41. The van der Waals surface area contributed by atoms with Crippen LogP contribution in [0.5, 0.6) is 0 Å². The van der Waals surface area contributed by atoms with E-state index in [9.17, 15) is 0 Å². The van der Waals surface area contributed by atoms with Crippen LogP contribution < -0.4 is 5.32 Å². The van der Waals surface area contributed by atoms with Crippen molar-refractivity contribution in [3.8, 4) is 0 Å². The fourth-order valence-corrected chi connectivity index (χ4v) is 1.85. The van der Waals surface area contributed by atoms with Gasteiger partial charge >= 0.3 is 0 Å². The monoisotopic (exact) mass is 245 g/mol. The van der Waals surface area contributed by atoms with Crippen molar-refractivity contribution in [1.82, 2.24) is 25.1 Å². The maximum Gasteiger partial charge on any atom is 0.145 e. The molecule has 0 aliphatic carbocycles. The molecule has 0 aromatic carbocycles. The summed E-state index contributed by atoms with van der Waals surface area (Å²) in [5.74, 6) is 0.830. The molecule has 2 aromatic heterocycles. The second-order valence-corrected chi connectivity index (χ2v) is 4.30. The molecule has 1 unspecified atom stereocenters. The Hall–Kier alpha value is -1.75. The van der Waals surface area contributed by atoms with Crippen LogP contribution in [0.25, 0.3) is 0 Å². The van der Waals surface area contributed by atoms with Crippen LogP contribution in [0.15, 0.2) is 30.7 Å². The van der Waals surface area contributed by atoms with Crippen LogP contribution in [0.3, 0.4) is 0 Å². The Labute approximate surface area is 107 Å². The molecule has 18 heavy (non-hydrogen) atoms. The molecule has 0 saturated heterocycles. The predicted octanol–water partition coefficient (Wildman–Crippen LogP) is 1.49.